The zero-order valence-corrected chi connectivity index (χ0v) is 12.1. The lowest BCUT2D eigenvalue weighted by Gasteiger charge is -2.11. The number of benzene rings is 1. The number of carbonyl (C=O) groups is 1. The number of carbonyl (C=O) groups excluding carboxylic acids is 1. The number of nitrogens with zero attached hydrogens (tertiary/aromatic N) is 1. The summed E-state index contributed by atoms with van der Waals surface area (Å²) in [6.45, 7) is 2.01. The molecule has 1 aromatic heterocycles. The van der Waals surface area contributed by atoms with E-state index in [1.54, 1.807) is 6.20 Å². The van der Waals surface area contributed by atoms with Crippen molar-refractivity contribution in [2.24, 2.45) is 0 Å². The van der Waals surface area contributed by atoms with E-state index in [4.69, 9.17) is 0 Å². The molecule has 118 valence electrons. The van der Waals surface area contributed by atoms with Crippen LogP contribution in [0.5, 0.6) is 0 Å². The van der Waals surface area contributed by atoms with Crippen LogP contribution in [-0.2, 0) is 12.7 Å². The van der Waals surface area contributed by atoms with Gasteiger partial charge < -0.3 is 10.6 Å². The van der Waals surface area contributed by atoms with E-state index in [9.17, 15) is 22.4 Å². The number of hydrogen-bond acceptors (Lipinski definition) is 3. The fraction of sp³-hybridized carbons (Fsp3) is 0.231. The SMILES string of the molecule is Cc1ncc(CNC(=O)Nc2ccc(F)c(C(F)(F)F)c2)s1. The number of hydrogen-bond donors (Lipinski definition) is 2. The molecule has 0 radical (unpaired) electrons. The van der Waals surface area contributed by atoms with Gasteiger partial charge >= 0.3 is 12.2 Å². The van der Waals surface area contributed by atoms with Gasteiger partial charge in [0.1, 0.15) is 5.82 Å². The largest absolute Gasteiger partial charge is 0.419 e. The van der Waals surface area contributed by atoms with Crippen LogP contribution in [0, 0.1) is 12.7 Å². The molecule has 9 heteroatoms. The zero-order chi connectivity index (χ0) is 16.3. The second kappa shape index (κ2) is 6.30. The number of rotatable bonds is 3. The van der Waals surface area contributed by atoms with E-state index in [0.717, 1.165) is 16.0 Å². The average Bonchev–Trinajstić information content (AvgIpc) is 2.83. The molecule has 0 aliphatic heterocycles. The van der Waals surface area contributed by atoms with Crippen molar-refractivity contribution in [3.05, 3.63) is 45.7 Å². The predicted octanol–water partition coefficient (Wildman–Crippen LogP) is 3.93. The lowest BCUT2D eigenvalue weighted by Crippen LogP contribution is -2.28. The molecule has 0 aliphatic rings. The van der Waals surface area contributed by atoms with E-state index in [0.29, 0.717) is 12.1 Å². The van der Waals surface area contributed by atoms with Crippen LogP contribution in [0.4, 0.5) is 28.0 Å². The molecule has 2 amide bonds. The highest BCUT2D eigenvalue weighted by molar-refractivity contribution is 7.11. The molecule has 2 aromatic rings. The summed E-state index contributed by atoms with van der Waals surface area (Å²) in [6.07, 6.45) is -3.22. The van der Waals surface area contributed by atoms with Crippen molar-refractivity contribution in [1.29, 1.82) is 0 Å². The molecule has 0 bridgehead atoms. The van der Waals surface area contributed by atoms with Crippen molar-refractivity contribution < 1.29 is 22.4 Å². The second-order valence-corrected chi connectivity index (χ2v) is 5.66. The summed E-state index contributed by atoms with van der Waals surface area (Å²) in [5.74, 6) is -1.39. The highest BCUT2D eigenvalue weighted by Crippen LogP contribution is 2.32. The van der Waals surface area contributed by atoms with Crippen molar-refractivity contribution in [2.45, 2.75) is 19.6 Å². The van der Waals surface area contributed by atoms with Gasteiger partial charge in [0.2, 0.25) is 0 Å². The Morgan fingerprint density at radius 2 is 2.09 bits per heavy atom. The van der Waals surface area contributed by atoms with Gasteiger partial charge in [-0.1, -0.05) is 0 Å². The number of thiazole rings is 1. The number of anilines is 1. The van der Waals surface area contributed by atoms with Gasteiger partial charge in [-0.3, -0.25) is 0 Å². The lowest BCUT2D eigenvalue weighted by atomic mass is 10.2. The summed E-state index contributed by atoms with van der Waals surface area (Å²) in [5, 5.41) is 5.54. The van der Waals surface area contributed by atoms with Crippen molar-refractivity contribution in [1.82, 2.24) is 10.3 Å². The van der Waals surface area contributed by atoms with Gasteiger partial charge in [0, 0.05) is 16.8 Å². The number of aromatic nitrogens is 1. The molecule has 0 saturated carbocycles. The molecule has 0 fully saturated rings. The summed E-state index contributed by atoms with van der Waals surface area (Å²) in [6, 6.07) is 1.57. The summed E-state index contributed by atoms with van der Waals surface area (Å²) >= 11 is 1.39. The van der Waals surface area contributed by atoms with E-state index < -0.39 is 23.6 Å². The van der Waals surface area contributed by atoms with Crippen molar-refractivity contribution in [3.8, 4) is 0 Å². The smallest absolute Gasteiger partial charge is 0.333 e. The molecule has 2 rings (SSSR count). The van der Waals surface area contributed by atoms with Crippen molar-refractivity contribution in [3.63, 3.8) is 0 Å². The lowest BCUT2D eigenvalue weighted by molar-refractivity contribution is -0.139. The topological polar surface area (TPSA) is 54.0 Å². The van der Waals surface area contributed by atoms with E-state index >= 15 is 0 Å². The highest BCUT2D eigenvalue weighted by atomic mass is 32.1. The van der Waals surface area contributed by atoms with Crippen LogP contribution in [0.3, 0.4) is 0 Å². The molecule has 0 unspecified atom stereocenters. The van der Waals surface area contributed by atoms with E-state index in [-0.39, 0.29) is 12.2 Å². The average molecular weight is 333 g/mol. The number of urea groups is 1. The Kier molecular flexibility index (Phi) is 4.65. The quantitative estimate of drug-likeness (QED) is 0.836. The first-order chi connectivity index (χ1) is 10.3. The minimum atomic E-state index is -4.82. The third kappa shape index (κ3) is 4.17. The summed E-state index contributed by atoms with van der Waals surface area (Å²) < 4.78 is 50.8. The first-order valence-electron chi connectivity index (χ1n) is 6.08. The number of amides is 2. The van der Waals surface area contributed by atoms with E-state index in [1.165, 1.54) is 11.3 Å². The molecule has 0 atom stereocenters. The van der Waals surface area contributed by atoms with Crippen molar-refractivity contribution in [2.75, 3.05) is 5.32 Å². The normalized spacial score (nSPS) is 11.3. The number of alkyl halides is 3. The van der Waals surface area contributed by atoms with Crippen LogP contribution in [-0.4, -0.2) is 11.0 Å². The molecule has 2 N–H and O–H groups in total. The van der Waals surface area contributed by atoms with Gasteiger partial charge in [-0.2, -0.15) is 13.2 Å². The van der Waals surface area contributed by atoms with Crippen LogP contribution in [0.15, 0.2) is 24.4 Å². The highest BCUT2D eigenvalue weighted by Gasteiger charge is 2.34. The first-order valence-corrected chi connectivity index (χ1v) is 6.90. The summed E-state index contributed by atoms with van der Waals surface area (Å²) in [7, 11) is 0. The Bertz CT molecular complexity index is 684. The fourth-order valence-corrected chi connectivity index (χ4v) is 2.38. The molecular formula is C13H11F4N3OS. The van der Waals surface area contributed by atoms with Gasteiger partial charge in [0.05, 0.1) is 17.1 Å². The molecule has 4 nitrogen and oxygen atoms in total. The minimum absolute atomic E-state index is 0.147. The van der Waals surface area contributed by atoms with Gasteiger partial charge in [-0.15, -0.1) is 11.3 Å². The van der Waals surface area contributed by atoms with Crippen LogP contribution in [0.25, 0.3) is 0 Å². The Morgan fingerprint density at radius 3 is 2.68 bits per heavy atom. The molecule has 1 aromatic carbocycles. The molecular weight excluding hydrogens is 322 g/mol. The number of aryl methyl sites for hydroxylation is 1. The number of halogens is 4. The third-order valence-electron chi connectivity index (χ3n) is 2.62. The maximum absolute atomic E-state index is 13.1. The van der Waals surface area contributed by atoms with Crippen LogP contribution >= 0.6 is 11.3 Å². The van der Waals surface area contributed by atoms with Gasteiger partial charge in [0.15, 0.2) is 0 Å². The summed E-state index contributed by atoms with van der Waals surface area (Å²) in [5.41, 5.74) is -1.57. The zero-order valence-electron chi connectivity index (χ0n) is 11.3. The monoisotopic (exact) mass is 333 g/mol. The van der Waals surface area contributed by atoms with Crippen LogP contribution < -0.4 is 10.6 Å². The Hall–Kier alpha value is -2.16. The number of nitrogens with one attached hydrogen (secondary N) is 2. The van der Waals surface area contributed by atoms with E-state index in [1.807, 2.05) is 6.92 Å². The Balaban J connectivity index is 1.99. The van der Waals surface area contributed by atoms with Crippen LogP contribution in [0.2, 0.25) is 0 Å². The van der Waals surface area contributed by atoms with E-state index in [2.05, 4.69) is 15.6 Å². The molecule has 22 heavy (non-hydrogen) atoms. The second-order valence-electron chi connectivity index (χ2n) is 4.35. The fourth-order valence-electron chi connectivity index (χ4n) is 1.65. The summed E-state index contributed by atoms with van der Waals surface area (Å²) in [4.78, 5) is 16.4. The molecule has 1 heterocycles. The van der Waals surface area contributed by atoms with Gasteiger partial charge in [-0.05, 0) is 25.1 Å². The van der Waals surface area contributed by atoms with Crippen LogP contribution in [0.1, 0.15) is 15.4 Å². The third-order valence-corrected chi connectivity index (χ3v) is 3.53. The van der Waals surface area contributed by atoms with Gasteiger partial charge in [-0.25, -0.2) is 14.2 Å². The van der Waals surface area contributed by atoms with Crippen molar-refractivity contribution >= 4 is 23.1 Å². The first kappa shape index (κ1) is 16.2. The maximum Gasteiger partial charge on any atom is 0.419 e. The molecule has 0 spiro atoms. The molecule has 0 aliphatic carbocycles. The Morgan fingerprint density at radius 1 is 1.36 bits per heavy atom. The standard InChI is InChI=1S/C13H11F4N3OS/c1-7-18-5-9(22-7)6-19-12(21)20-8-2-3-11(14)10(4-8)13(15,16)17/h2-5H,6H2,1H3,(H2,19,20,21). The maximum atomic E-state index is 13.1. The minimum Gasteiger partial charge on any atom is -0.333 e. The molecule has 0 saturated heterocycles. The van der Waals surface area contributed by atoms with Gasteiger partial charge in [0.25, 0.3) is 0 Å². The Labute approximate surface area is 127 Å². The predicted molar refractivity (Wildman–Crippen MR) is 74.1 cm³/mol.